The van der Waals surface area contributed by atoms with Gasteiger partial charge in [0.25, 0.3) is 0 Å². The van der Waals surface area contributed by atoms with Gasteiger partial charge in [0.1, 0.15) is 11.6 Å². The molecule has 0 saturated carbocycles. The number of nitriles is 1. The molecule has 1 aliphatic heterocycles. The quantitative estimate of drug-likeness (QED) is 0.659. The first-order chi connectivity index (χ1) is 12.6. The molecule has 0 spiro atoms. The molecule has 26 heavy (non-hydrogen) atoms. The van der Waals surface area contributed by atoms with Gasteiger partial charge >= 0.3 is 5.97 Å². The number of rotatable bonds is 4. The number of carbonyl (C=O) groups is 2. The predicted octanol–water partition coefficient (Wildman–Crippen LogP) is 2.87. The van der Waals surface area contributed by atoms with Crippen LogP contribution in [0.25, 0.3) is 0 Å². The molecule has 0 amide bonds. The second-order valence-corrected chi connectivity index (χ2v) is 6.32. The molecule has 1 aliphatic rings. The van der Waals surface area contributed by atoms with E-state index in [9.17, 15) is 14.9 Å². The van der Waals surface area contributed by atoms with Gasteiger partial charge in [-0.25, -0.2) is 4.79 Å². The summed E-state index contributed by atoms with van der Waals surface area (Å²) in [6.45, 7) is 0. The van der Waals surface area contributed by atoms with Gasteiger partial charge in [0.05, 0.1) is 23.5 Å². The Labute approximate surface area is 153 Å². The molecule has 130 valence electrons. The van der Waals surface area contributed by atoms with Gasteiger partial charge in [-0.2, -0.15) is 5.26 Å². The molecule has 1 atom stereocenters. The highest BCUT2D eigenvalue weighted by atomic mass is 32.1. The zero-order valence-corrected chi connectivity index (χ0v) is 14.6. The molecule has 2 N–H and O–H groups in total. The standard InChI is InChI=1S/C19H14N2O4S/c1-24-19(23)17-15(16(22)13-8-5-9-26-13)14(11-6-3-2-4-7-11)12(10-20)18(21)25-17/h2-9,14H,21H2,1H3/t14-/m1/s1. The van der Waals surface area contributed by atoms with Gasteiger partial charge in [-0.3, -0.25) is 4.79 Å². The number of Topliss-reactive ketones (excluding diaryl/α,β-unsaturated/α-hetero) is 1. The Morgan fingerprint density at radius 3 is 2.54 bits per heavy atom. The van der Waals surface area contributed by atoms with Crippen LogP contribution in [0.15, 0.2) is 70.6 Å². The van der Waals surface area contributed by atoms with E-state index in [1.165, 1.54) is 18.4 Å². The van der Waals surface area contributed by atoms with Crippen LogP contribution in [0.1, 0.15) is 21.2 Å². The number of nitrogens with zero attached hydrogens (tertiary/aromatic N) is 1. The van der Waals surface area contributed by atoms with Crippen LogP contribution in [-0.4, -0.2) is 18.9 Å². The molecule has 0 fully saturated rings. The lowest BCUT2D eigenvalue weighted by Crippen LogP contribution is -2.28. The third kappa shape index (κ3) is 2.98. The molecule has 0 unspecified atom stereocenters. The van der Waals surface area contributed by atoms with Gasteiger partial charge in [-0.05, 0) is 17.0 Å². The number of ketones is 1. The van der Waals surface area contributed by atoms with Crippen LogP contribution >= 0.6 is 11.3 Å². The Morgan fingerprint density at radius 2 is 1.96 bits per heavy atom. The minimum atomic E-state index is -0.828. The van der Waals surface area contributed by atoms with E-state index in [2.05, 4.69) is 0 Å². The van der Waals surface area contributed by atoms with Crippen LogP contribution in [0.5, 0.6) is 0 Å². The van der Waals surface area contributed by atoms with Crippen molar-refractivity contribution in [2.75, 3.05) is 7.11 Å². The molecular weight excluding hydrogens is 352 g/mol. The molecule has 2 heterocycles. The van der Waals surface area contributed by atoms with E-state index in [0.717, 1.165) is 0 Å². The van der Waals surface area contributed by atoms with Crippen molar-refractivity contribution in [2.45, 2.75) is 5.92 Å². The average molecular weight is 366 g/mol. The summed E-state index contributed by atoms with van der Waals surface area (Å²) >= 11 is 1.23. The van der Waals surface area contributed by atoms with E-state index in [1.54, 1.807) is 41.8 Å². The summed E-state index contributed by atoms with van der Waals surface area (Å²) in [6, 6.07) is 14.3. The minimum absolute atomic E-state index is 0.0382. The summed E-state index contributed by atoms with van der Waals surface area (Å²) in [4.78, 5) is 25.8. The zero-order valence-electron chi connectivity index (χ0n) is 13.8. The smallest absolute Gasteiger partial charge is 0.374 e. The fourth-order valence-electron chi connectivity index (χ4n) is 2.76. The number of hydrogen-bond acceptors (Lipinski definition) is 7. The van der Waals surface area contributed by atoms with Crippen molar-refractivity contribution in [2.24, 2.45) is 5.73 Å². The van der Waals surface area contributed by atoms with Crippen molar-refractivity contribution < 1.29 is 19.1 Å². The van der Waals surface area contributed by atoms with Crippen molar-refractivity contribution in [3.63, 3.8) is 0 Å². The zero-order chi connectivity index (χ0) is 18.7. The molecule has 6 nitrogen and oxygen atoms in total. The Bertz CT molecular complexity index is 953. The molecule has 0 saturated heterocycles. The van der Waals surface area contributed by atoms with Crippen molar-refractivity contribution in [3.8, 4) is 6.07 Å². The fraction of sp³-hybridized carbons (Fsp3) is 0.105. The van der Waals surface area contributed by atoms with E-state index < -0.39 is 17.7 Å². The van der Waals surface area contributed by atoms with E-state index >= 15 is 0 Å². The number of methoxy groups -OCH3 is 1. The third-order valence-corrected chi connectivity index (χ3v) is 4.78. The highest BCUT2D eigenvalue weighted by Crippen LogP contribution is 2.41. The fourth-order valence-corrected chi connectivity index (χ4v) is 3.43. The number of ether oxygens (including phenoxy) is 2. The summed E-state index contributed by atoms with van der Waals surface area (Å²) < 4.78 is 10.1. The normalized spacial score (nSPS) is 16.7. The van der Waals surface area contributed by atoms with E-state index in [-0.39, 0.29) is 22.8 Å². The average Bonchev–Trinajstić information content (AvgIpc) is 3.21. The van der Waals surface area contributed by atoms with Crippen molar-refractivity contribution >= 4 is 23.1 Å². The number of carbonyl (C=O) groups excluding carboxylic acids is 2. The lowest BCUT2D eigenvalue weighted by molar-refractivity contribution is -0.139. The first-order valence-electron chi connectivity index (χ1n) is 7.61. The Kier molecular flexibility index (Phi) is 4.87. The van der Waals surface area contributed by atoms with Crippen LogP contribution in [0.3, 0.4) is 0 Å². The van der Waals surface area contributed by atoms with E-state index in [1.807, 2.05) is 12.1 Å². The largest absolute Gasteiger partial charge is 0.463 e. The lowest BCUT2D eigenvalue weighted by Gasteiger charge is -2.27. The number of benzene rings is 1. The Hall–Kier alpha value is -3.37. The number of allylic oxidation sites excluding steroid dienone is 2. The summed E-state index contributed by atoms with van der Waals surface area (Å²) in [5.74, 6) is -2.57. The Balaban J connectivity index is 2.27. The van der Waals surface area contributed by atoms with Gasteiger partial charge in [-0.15, -0.1) is 11.3 Å². The summed E-state index contributed by atoms with van der Waals surface area (Å²) in [7, 11) is 1.18. The highest BCUT2D eigenvalue weighted by molar-refractivity contribution is 7.12. The monoisotopic (exact) mass is 366 g/mol. The third-order valence-electron chi connectivity index (χ3n) is 3.91. The Morgan fingerprint density at radius 1 is 1.23 bits per heavy atom. The maximum absolute atomic E-state index is 13.1. The molecule has 1 aromatic carbocycles. The van der Waals surface area contributed by atoms with Crippen LogP contribution < -0.4 is 5.73 Å². The summed E-state index contributed by atoms with van der Waals surface area (Å²) in [5, 5.41) is 11.3. The van der Waals surface area contributed by atoms with Crippen molar-refractivity contribution in [1.29, 1.82) is 5.26 Å². The maximum atomic E-state index is 13.1. The number of nitrogens with two attached hydrogens (primary N) is 1. The first kappa shape index (κ1) is 17.5. The molecule has 3 rings (SSSR count). The molecule has 1 aromatic heterocycles. The topological polar surface area (TPSA) is 102 Å². The van der Waals surface area contributed by atoms with Gasteiger partial charge in [0.15, 0.2) is 0 Å². The number of thiophene rings is 1. The SMILES string of the molecule is COC(=O)C1=C(C(=O)c2cccs2)[C@H](c2ccccc2)C(C#N)=C(N)O1. The highest BCUT2D eigenvalue weighted by Gasteiger charge is 2.40. The molecule has 0 aliphatic carbocycles. The van der Waals surface area contributed by atoms with Gasteiger partial charge in [0.2, 0.25) is 17.4 Å². The first-order valence-corrected chi connectivity index (χ1v) is 8.49. The van der Waals surface area contributed by atoms with Crippen molar-refractivity contribution in [3.05, 3.63) is 81.1 Å². The number of esters is 1. The van der Waals surface area contributed by atoms with Crippen LogP contribution in [0.4, 0.5) is 0 Å². The van der Waals surface area contributed by atoms with Crippen LogP contribution in [0.2, 0.25) is 0 Å². The van der Waals surface area contributed by atoms with Crippen molar-refractivity contribution in [1.82, 2.24) is 0 Å². The second kappa shape index (κ2) is 7.25. The lowest BCUT2D eigenvalue weighted by atomic mass is 9.81. The van der Waals surface area contributed by atoms with Gasteiger partial charge < -0.3 is 15.2 Å². The minimum Gasteiger partial charge on any atom is -0.463 e. The molecule has 7 heteroatoms. The van der Waals surface area contributed by atoms with E-state index in [4.69, 9.17) is 15.2 Å². The van der Waals surface area contributed by atoms with E-state index in [0.29, 0.717) is 10.4 Å². The molecular formula is C19H14N2O4S. The predicted molar refractivity (Wildman–Crippen MR) is 94.8 cm³/mol. The number of hydrogen-bond donors (Lipinski definition) is 1. The molecule has 2 aromatic rings. The summed E-state index contributed by atoms with van der Waals surface area (Å²) in [5.41, 5.74) is 6.63. The molecule has 0 bridgehead atoms. The second-order valence-electron chi connectivity index (χ2n) is 5.38. The van der Waals surface area contributed by atoms with Gasteiger partial charge in [-0.1, -0.05) is 36.4 Å². The van der Waals surface area contributed by atoms with Crippen LogP contribution in [-0.2, 0) is 14.3 Å². The maximum Gasteiger partial charge on any atom is 0.374 e. The van der Waals surface area contributed by atoms with Gasteiger partial charge in [0, 0.05) is 0 Å². The summed E-state index contributed by atoms with van der Waals surface area (Å²) in [6.07, 6.45) is 0. The van der Waals surface area contributed by atoms with Crippen LogP contribution in [0, 0.1) is 11.3 Å². The molecule has 0 radical (unpaired) electrons.